The van der Waals surface area contributed by atoms with E-state index in [0.717, 1.165) is 16.1 Å². The minimum absolute atomic E-state index is 0.278. The second-order valence-electron chi connectivity index (χ2n) is 9.58. The van der Waals surface area contributed by atoms with E-state index in [2.05, 4.69) is 48.8 Å². The normalized spacial score (nSPS) is 40.1. The summed E-state index contributed by atoms with van der Waals surface area (Å²) in [7, 11) is 1.69. The summed E-state index contributed by atoms with van der Waals surface area (Å²) in [5.41, 5.74) is 4.02. The summed E-state index contributed by atoms with van der Waals surface area (Å²) in [4.78, 5) is 0. The van der Waals surface area contributed by atoms with E-state index < -0.39 is 0 Å². The molecule has 4 aliphatic rings. The fourth-order valence-electron chi connectivity index (χ4n) is 7.14. The Morgan fingerprint density at radius 1 is 1.08 bits per heavy atom. The Hall–Kier alpha value is -0.540. The highest BCUT2D eigenvalue weighted by Gasteiger charge is 2.61. The smallest absolute Gasteiger partial charge is 0.188 e. The molecule has 2 nitrogen and oxygen atoms in total. The SMILES string of the molecule is COCOc1c(Br)cc(C)cc1C12CC3C[C@@](C)(C1)C[C@](C)(C3)C2. The van der Waals surface area contributed by atoms with E-state index in [9.17, 15) is 0 Å². The Balaban J connectivity index is 1.83. The third kappa shape index (κ3) is 2.63. The van der Waals surface area contributed by atoms with E-state index in [1.54, 1.807) is 7.11 Å². The molecule has 4 aliphatic carbocycles. The van der Waals surface area contributed by atoms with Gasteiger partial charge in [-0.1, -0.05) is 19.9 Å². The number of methoxy groups -OCH3 is 1. The fourth-order valence-corrected chi connectivity index (χ4v) is 7.82. The van der Waals surface area contributed by atoms with Crippen molar-refractivity contribution >= 4 is 15.9 Å². The highest BCUT2D eigenvalue weighted by molar-refractivity contribution is 9.10. The van der Waals surface area contributed by atoms with Crippen molar-refractivity contribution in [3.8, 4) is 5.75 Å². The fraction of sp³-hybridized carbons (Fsp3) is 0.714. The average molecular weight is 393 g/mol. The van der Waals surface area contributed by atoms with Crippen molar-refractivity contribution in [1.82, 2.24) is 0 Å². The molecule has 1 aromatic carbocycles. The number of hydrogen-bond donors (Lipinski definition) is 0. The van der Waals surface area contributed by atoms with Gasteiger partial charge in [0, 0.05) is 18.1 Å². The monoisotopic (exact) mass is 392 g/mol. The van der Waals surface area contributed by atoms with Crippen molar-refractivity contribution in [1.29, 1.82) is 0 Å². The van der Waals surface area contributed by atoms with Gasteiger partial charge >= 0.3 is 0 Å². The van der Waals surface area contributed by atoms with Crippen LogP contribution in [0.25, 0.3) is 0 Å². The van der Waals surface area contributed by atoms with E-state index in [1.807, 2.05) is 0 Å². The van der Waals surface area contributed by atoms with Gasteiger partial charge in [0.1, 0.15) is 5.75 Å². The summed E-state index contributed by atoms with van der Waals surface area (Å²) >= 11 is 3.75. The topological polar surface area (TPSA) is 18.5 Å². The van der Waals surface area contributed by atoms with Crippen molar-refractivity contribution in [3.05, 3.63) is 27.7 Å². The number of halogens is 1. The zero-order chi connectivity index (χ0) is 17.2. The van der Waals surface area contributed by atoms with Gasteiger partial charge in [0.25, 0.3) is 0 Å². The molecule has 0 aliphatic heterocycles. The third-order valence-corrected chi connectivity index (χ3v) is 7.30. The molecule has 0 N–H and O–H groups in total. The van der Waals surface area contributed by atoms with Gasteiger partial charge in [0.05, 0.1) is 4.47 Å². The van der Waals surface area contributed by atoms with Crippen LogP contribution < -0.4 is 4.74 Å². The van der Waals surface area contributed by atoms with Gasteiger partial charge in [-0.2, -0.15) is 0 Å². The number of rotatable bonds is 4. The number of hydrogen-bond acceptors (Lipinski definition) is 2. The molecule has 5 rings (SSSR count). The summed E-state index contributed by atoms with van der Waals surface area (Å²) in [6, 6.07) is 4.55. The van der Waals surface area contributed by atoms with Crippen LogP contribution in [0.15, 0.2) is 16.6 Å². The molecule has 2 unspecified atom stereocenters. The Morgan fingerprint density at radius 3 is 2.33 bits per heavy atom. The van der Waals surface area contributed by atoms with Gasteiger partial charge in [0.15, 0.2) is 6.79 Å². The zero-order valence-electron chi connectivity index (χ0n) is 15.4. The summed E-state index contributed by atoms with van der Waals surface area (Å²) < 4.78 is 12.3. The molecule has 0 spiro atoms. The maximum Gasteiger partial charge on any atom is 0.188 e. The molecule has 4 fully saturated rings. The van der Waals surface area contributed by atoms with Crippen LogP contribution in [0, 0.1) is 23.7 Å². The highest BCUT2D eigenvalue weighted by atomic mass is 79.9. The van der Waals surface area contributed by atoms with Crippen molar-refractivity contribution in [2.45, 2.75) is 64.7 Å². The average Bonchev–Trinajstić information content (AvgIpc) is 2.41. The Labute approximate surface area is 154 Å². The molecule has 4 atom stereocenters. The molecular formula is C21H29BrO2. The van der Waals surface area contributed by atoms with Gasteiger partial charge in [-0.25, -0.2) is 0 Å². The van der Waals surface area contributed by atoms with Crippen molar-refractivity contribution < 1.29 is 9.47 Å². The predicted molar refractivity (Wildman–Crippen MR) is 100 cm³/mol. The summed E-state index contributed by atoms with van der Waals surface area (Å²) in [6.45, 7) is 7.57. The lowest BCUT2D eigenvalue weighted by Gasteiger charge is -2.65. The minimum Gasteiger partial charge on any atom is -0.466 e. The first-order valence-electron chi connectivity index (χ1n) is 9.19. The molecule has 0 saturated heterocycles. The Bertz CT molecular complexity index is 650. The first-order chi connectivity index (χ1) is 11.3. The van der Waals surface area contributed by atoms with Gasteiger partial charge in [0.2, 0.25) is 0 Å². The van der Waals surface area contributed by atoms with Gasteiger partial charge in [-0.3, -0.25) is 0 Å². The molecule has 3 heteroatoms. The van der Waals surface area contributed by atoms with Crippen molar-refractivity contribution in [3.63, 3.8) is 0 Å². The predicted octanol–water partition coefficient (Wildman–Crippen LogP) is 5.99. The minimum atomic E-state index is 0.278. The van der Waals surface area contributed by atoms with Crippen LogP contribution in [0.3, 0.4) is 0 Å². The third-order valence-electron chi connectivity index (χ3n) is 6.71. The van der Waals surface area contributed by atoms with Crippen LogP contribution in [-0.4, -0.2) is 13.9 Å². The summed E-state index contributed by atoms with van der Waals surface area (Å²) in [5.74, 6) is 1.89. The first kappa shape index (κ1) is 16.9. The maximum atomic E-state index is 6.06. The Morgan fingerprint density at radius 2 is 1.75 bits per heavy atom. The number of benzene rings is 1. The quantitative estimate of drug-likeness (QED) is 0.585. The largest absolute Gasteiger partial charge is 0.466 e. The van der Waals surface area contributed by atoms with Crippen LogP contribution in [0.1, 0.15) is 63.5 Å². The van der Waals surface area contributed by atoms with Crippen molar-refractivity contribution in [2.75, 3.05) is 13.9 Å². The van der Waals surface area contributed by atoms with Crippen LogP contribution in [-0.2, 0) is 10.2 Å². The molecule has 0 heterocycles. The second kappa shape index (κ2) is 5.48. The summed E-state index contributed by atoms with van der Waals surface area (Å²) in [6.07, 6.45) is 8.20. The lowest BCUT2D eigenvalue weighted by Crippen LogP contribution is -2.56. The van der Waals surface area contributed by atoms with E-state index in [-0.39, 0.29) is 5.41 Å². The molecule has 0 radical (unpaired) electrons. The second-order valence-corrected chi connectivity index (χ2v) is 10.4. The molecule has 132 valence electrons. The standard InChI is InChI=1S/C21H29BrO2/c1-14-5-16(18(17(22)6-14)24-13-23-4)21-9-15-7-19(2,11-21)10-20(3,8-15)12-21/h5-6,15H,7-13H2,1-4H3/t15?,19-,20+,21?. The van der Waals surface area contributed by atoms with Crippen LogP contribution in [0.2, 0.25) is 0 Å². The molecule has 0 aromatic heterocycles. The zero-order valence-corrected chi connectivity index (χ0v) is 17.0. The number of ether oxygens (including phenoxy) is 2. The lowest BCUT2D eigenvalue weighted by molar-refractivity contribution is -0.110. The van der Waals surface area contributed by atoms with Crippen LogP contribution in [0.4, 0.5) is 0 Å². The van der Waals surface area contributed by atoms with Gasteiger partial charge < -0.3 is 9.47 Å². The lowest BCUT2D eigenvalue weighted by atomic mass is 9.39. The number of aryl methyl sites for hydroxylation is 1. The van der Waals surface area contributed by atoms with Gasteiger partial charge in [-0.05, 0) is 89.8 Å². The molecule has 4 bridgehead atoms. The van der Waals surface area contributed by atoms with E-state index in [1.165, 1.54) is 49.7 Å². The van der Waals surface area contributed by atoms with Crippen molar-refractivity contribution in [2.24, 2.45) is 16.7 Å². The van der Waals surface area contributed by atoms with Gasteiger partial charge in [-0.15, -0.1) is 0 Å². The Kier molecular flexibility index (Phi) is 3.86. The molecular weight excluding hydrogens is 364 g/mol. The molecule has 0 amide bonds. The highest BCUT2D eigenvalue weighted by Crippen LogP contribution is 2.70. The van der Waals surface area contributed by atoms with E-state index >= 15 is 0 Å². The molecule has 4 saturated carbocycles. The van der Waals surface area contributed by atoms with E-state index in [4.69, 9.17) is 9.47 Å². The van der Waals surface area contributed by atoms with Crippen LogP contribution in [0.5, 0.6) is 5.75 Å². The van der Waals surface area contributed by atoms with Crippen LogP contribution >= 0.6 is 15.9 Å². The summed E-state index contributed by atoms with van der Waals surface area (Å²) in [5, 5.41) is 0. The molecule has 1 aromatic rings. The maximum absolute atomic E-state index is 6.06. The first-order valence-corrected chi connectivity index (χ1v) is 9.98. The van der Waals surface area contributed by atoms with E-state index in [0.29, 0.717) is 17.6 Å². The molecule has 24 heavy (non-hydrogen) atoms.